The van der Waals surface area contributed by atoms with Gasteiger partial charge in [-0.25, -0.2) is 0 Å². The van der Waals surface area contributed by atoms with Crippen LogP contribution in [0.1, 0.15) is 50.0 Å². The van der Waals surface area contributed by atoms with E-state index >= 15 is 0 Å². The largest absolute Gasteiger partial charge is 0.314 e. The SMILES string of the molecule is CN1CCCC(CNC2CCC(c3ccccc3)CC2)C1. The van der Waals surface area contributed by atoms with Crippen LogP contribution in [0.2, 0.25) is 0 Å². The molecule has 2 fully saturated rings. The van der Waals surface area contributed by atoms with Crippen molar-refractivity contribution in [2.24, 2.45) is 5.92 Å². The minimum absolute atomic E-state index is 0.761. The third-order valence-corrected chi connectivity index (χ3v) is 5.42. The van der Waals surface area contributed by atoms with Crippen molar-refractivity contribution in [1.82, 2.24) is 10.2 Å². The lowest BCUT2D eigenvalue weighted by atomic mass is 9.81. The molecule has 0 bridgehead atoms. The number of rotatable bonds is 4. The summed E-state index contributed by atoms with van der Waals surface area (Å²) >= 11 is 0. The summed E-state index contributed by atoms with van der Waals surface area (Å²) in [5.41, 5.74) is 1.55. The first-order valence-corrected chi connectivity index (χ1v) is 8.78. The van der Waals surface area contributed by atoms with Crippen molar-refractivity contribution < 1.29 is 0 Å². The van der Waals surface area contributed by atoms with Crippen LogP contribution in [0.5, 0.6) is 0 Å². The Morgan fingerprint density at radius 1 is 1.05 bits per heavy atom. The van der Waals surface area contributed by atoms with Gasteiger partial charge in [-0.3, -0.25) is 0 Å². The molecule has 21 heavy (non-hydrogen) atoms. The van der Waals surface area contributed by atoms with E-state index in [1.807, 2.05) is 0 Å². The molecule has 116 valence electrons. The van der Waals surface area contributed by atoms with E-state index in [1.165, 1.54) is 58.2 Å². The second kappa shape index (κ2) is 7.42. The van der Waals surface area contributed by atoms with Crippen molar-refractivity contribution in [1.29, 1.82) is 0 Å². The molecule has 1 aromatic carbocycles. The van der Waals surface area contributed by atoms with E-state index in [4.69, 9.17) is 0 Å². The second-order valence-corrected chi connectivity index (χ2v) is 7.14. The topological polar surface area (TPSA) is 15.3 Å². The van der Waals surface area contributed by atoms with Gasteiger partial charge in [0.05, 0.1) is 0 Å². The third-order valence-electron chi connectivity index (χ3n) is 5.42. The van der Waals surface area contributed by atoms with E-state index in [1.54, 1.807) is 5.56 Å². The lowest BCUT2D eigenvalue weighted by molar-refractivity contribution is 0.198. The number of nitrogens with zero attached hydrogens (tertiary/aromatic N) is 1. The van der Waals surface area contributed by atoms with Crippen LogP contribution in [0.3, 0.4) is 0 Å². The molecule has 1 aliphatic carbocycles. The molecule has 0 radical (unpaired) electrons. The minimum atomic E-state index is 0.761. The molecule has 1 saturated carbocycles. The molecule has 2 nitrogen and oxygen atoms in total. The molecule has 1 aliphatic heterocycles. The predicted molar refractivity (Wildman–Crippen MR) is 89.7 cm³/mol. The Bertz CT molecular complexity index is 409. The molecule has 1 unspecified atom stereocenters. The van der Waals surface area contributed by atoms with Gasteiger partial charge < -0.3 is 10.2 Å². The summed E-state index contributed by atoms with van der Waals surface area (Å²) < 4.78 is 0. The van der Waals surface area contributed by atoms with E-state index in [0.29, 0.717) is 0 Å². The quantitative estimate of drug-likeness (QED) is 0.909. The van der Waals surface area contributed by atoms with Crippen LogP contribution in [-0.2, 0) is 0 Å². The Balaban J connectivity index is 1.40. The molecule has 1 heterocycles. The van der Waals surface area contributed by atoms with E-state index in [9.17, 15) is 0 Å². The van der Waals surface area contributed by atoms with Gasteiger partial charge >= 0.3 is 0 Å². The fraction of sp³-hybridized carbons (Fsp3) is 0.684. The highest BCUT2D eigenvalue weighted by atomic mass is 15.1. The Labute approximate surface area is 129 Å². The zero-order valence-electron chi connectivity index (χ0n) is 13.4. The van der Waals surface area contributed by atoms with Gasteiger partial charge in [0.1, 0.15) is 0 Å². The van der Waals surface area contributed by atoms with Gasteiger partial charge in [0.2, 0.25) is 0 Å². The highest BCUT2D eigenvalue weighted by Crippen LogP contribution is 2.32. The highest BCUT2D eigenvalue weighted by molar-refractivity contribution is 5.20. The van der Waals surface area contributed by atoms with Crippen LogP contribution < -0.4 is 5.32 Å². The van der Waals surface area contributed by atoms with Gasteiger partial charge in [0.25, 0.3) is 0 Å². The summed E-state index contributed by atoms with van der Waals surface area (Å²) in [6.45, 7) is 3.80. The van der Waals surface area contributed by atoms with Gasteiger partial charge in [0.15, 0.2) is 0 Å². The summed E-state index contributed by atoms with van der Waals surface area (Å²) in [5, 5.41) is 3.86. The molecule has 2 aliphatic rings. The van der Waals surface area contributed by atoms with Gasteiger partial charge in [-0.05, 0) is 76.1 Å². The maximum atomic E-state index is 3.86. The van der Waals surface area contributed by atoms with Crippen LogP contribution in [0.15, 0.2) is 30.3 Å². The summed E-state index contributed by atoms with van der Waals surface area (Å²) in [6, 6.07) is 11.8. The smallest absolute Gasteiger partial charge is 0.00676 e. The maximum Gasteiger partial charge on any atom is 0.00676 e. The Kier molecular flexibility index (Phi) is 5.32. The molecule has 2 heteroatoms. The van der Waals surface area contributed by atoms with Gasteiger partial charge in [-0.1, -0.05) is 30.3 Å². The average Bonchev–Trinajstić information content (AvgIpc) is 2.54. The van der Waals surface area contributed by atoms with Gasteiger partial charge in [-0.2, -0.15) is 0 Å². The van der Waals surface area contributed by atoms with E-state index in [0.717, 1.165) is 17.9 Å². The van der Waals surface area contributed by atoms with E-state index in [-0.39, 0.29) is 0 Å². The normalized spacial score (nSPS) is 31.2. The predicted octanol–water partition coefficient (Wildman–Crippen LogP) is 3.64. The number of piperidine rings is 1. The first kappa shape index (κ1) is 15.1. The van der Waals surface area contributed by atoms with Crippen LogP contribution in [0.4, 0.5) is 0 Å². The van der Waals surface area contributed by atoms with Crippen molar-refractivity contribution >= 4 is 0 Å². The molecule has 1 N–H and O–H groups in total. The maximum absolute atomic E-state index is 3.86. The molecule has 0 amide bonds. The molecule has 1 saturated heterocycles. The third kappa shape index (κ3) is 4.31. The number of benzene rings is 1. The molecular formula is C19H30N2. The van der Waals surface area contributed by atoms with Crippen molar-refractivity contribution in [3.05, 3.63) is 35.9 Å². The fourth-order valence-corrected chi connectivity index (χ4v) is 4.13. The lowest BCUT2D eigenvalue weighted by Gasteiger charge is -2.33. The zero-order chi connectivity index (χ0) is 14.5. The first-order valence-electron chi connectivity index (χ1n) is 8.78. The summed E-state index contributed by atoms with van der Waals surface area (Å²) in [5.74, 6) is 1.67. The van der Waals surface area contributed by atoms with Crippen molar-refractivity contribution in [2.75, 3.05) is 26.7 Å². The summed E-state index contributed by atoms with van der Waals surface area (Å²) in [4.78, 5) is 2.49. The van der Waals surface area contributed by atoms with Crippen molar-refractivity contribution in [2.45, 2.75) is 50.5 Å². The van der Waals surface area contributed by atoms with Gasteiger partial charge in [-0.15, -0.1) is 0 Å². The molecule has 0 spiro atoms. The Hall–Kier alpha value is -0.860. The fourth-order valence-electron chi connectivity index (χ4n) is 4.13. The Morgan fingerprint density at radius 2 is 1.81 bits per heavy atom. The number of likely N-dealkylation sites (tertiary alicyclic amines) is 1. The lowest BCUT2D eigenvalue weighted by Crippen LogP contribution is -2.41. The Morgan fingerprint density at radius 3 is 2.52 bits per heavy atom. The number of nitrogens with one attached hydrogen (secondary N) is 1. The first-order chi connectivity index (χ1) is 10.3. The van der Waals surface area contributed by atoms with Crippen LogP contribution in [0.25, 0.3) is 0 Å². The van der Waals surface area contributed by atoms with Crippen LogP contribution in [-0.4, -0.2) is 37.6 Å². The summed E-state index contributed by atoms with van der Waals surface area (Å²) in [7, 11) is 2.26. The van der Waals surface area contributed by atoms with Crippen molar-refractivity contribution in [3.63, 3.8) is 0 Å². The second-order valence-electron chi connectivity index (χ2n) is 7.14. The van der Waals surface area contributed by atoms with E-state index < -0.39 is 0 Å². The van der Waals surface area contributed by atoms with Crippen molar-refractivity contribution in [3.8, 4) is 0 Å². The highest BCUT2D eigenvalue weighted by Gasteiger charge is 2.23. The molecule has 1 atom stereocenters. The van der Waals surface area contributed by atoms with Crippen LogP contribution in [0, 0.1) is 5.92 Å². The monoisotopic (exact) mass is 286 g/mol. The minimum Gasteiger partial charge on any atom is -0.314 e. The van der Waals surface area contributed by atoms with E-state index in [2.05, 4.69) is 47.6 Å². The zero-order valence-corrected chi connectivity index (χ0v) is 13.4. The number of hydrogen-bond donors (Lipinski definition) is 1. The van der Waals surface area contributed by atoms with Crippen LogP contribution >= 0.6 is 0 Å². The molecule has 3 rings (SSSR count). The summed E-state index contributed by atoms with van der Waals surface area (Å²) in [6.07, 6.45) is 8.20. The average molecular weight is 286 g/mol. The molecule has 0 aromatic heterocycles. The number of hydrogen-bond acceptors (Lipinski definition) is 2. The molecular weight excluding hydrogens is 256 g/mol. The van der Waals surface area contributed by atoms with Gasteiger partial charge in [0, 0.05) is 12.6 Å². The molecule has 1 aromatic rings. The standard InChI is InChI=1S/C19H30N2/c1-21-13-5-6-16(15-21)14-20-19-11-9-18(10-12-19)17-7-3-2-4-8-17/h2-4,7-8,16,18-20H,5-6,9-15H2,1H3.